The molecule has 222 valence electrons. The monoisotopic (exact) mass is 621 g/mol. The second-order valence-electron chi connectivity index (χ2n) is 11.6. The summed E-state index contributed by atoms with van der Waals surface area (Å²) in [6.07, 6.45) is 8.79. The third-order valence-electron chi connectivity index (χ3n) is 8.60. The summed E-state index contributed by atoms with van der Waals surface area (Å²) in [5, 5.41) is 4.79. The Bertz CT molecular complexity index is 2520. The fourth-order valence-electron chi connectivity index (χ4n) is 6.32. The first kappa shape index (κ1) is 27.5. The normalized spacial score (nSPS) is 12.4. The van der Waals surface area contributed by atoms with Crippen LogP contribution in [-0.4, -0.2) is 24.9 Å². The van der Waals surface area contributed by atoms with Crippen LogP contribution in [0.1, 0.15) is 12.8 Å². The Labute approximate surface area is 275 Å². The zero-order chi connectivity index (χ0) is 31.2. The van der Waals surface area contributed by atoms with Crippen LogP contribution in [0.3, 0.4) is 0 Å². The van der Waals surface area contributed by atoms with E-state index in [2.05, 4.69) is 66.7 Å². The van der Waals surface area contributed by atoms with Gasteiger partial charge in [-0.05, 0) is 41.6 Å². The van der Waals surface area contributed by atoms with Gasteiger partial charge in [0.2, 0.25) is 0 Å². The van der Waals surface area contributed by atoms with E-state index < -0.39 is 0 Å². The van der Waals surface area contributed by atoms with Crippen molar-refractivity contribution in [2.45, 2.75) is 12.8 Å². The van der Waals surface area contributed by atoms with Crippen molar-refractivity contribution >= 4 is 44.3 Å². The summed E-state index contributed by atoms with van der Waals surface area (Å²) in [5.74, 6) is 1.89. The number of pyridine rings is 2. The van der Waals surface area contributed by atoms with Crippen molar-refractivity contribution in [2.75, 3.05) is 0 Å². The van der Waals surface area contributed by atoms with Gasteiger partial charge in [0.15, 0.2) is 17.5 Å². The molecule has 0 radical (unpaired) electrons. The third kappa shape index (κ3) is 5.00. The molecule has 0 bridgehead atoms. The fraction of sp³-hybridized carbons (Fsp3) is 0.0488. The molecular weight excluding hydrogens is 595 g/mol. The summed E-state index contributed by atoms with van der Waals surface area (Å²) >= 11 is 1.82. The topological polar surface area (TPSA) is 64.5 Å². The Morgan fingerprint density at radius 1 is 0.489 bits per heavy atom. The molecule has 0 saturated heterocycles. The molecule has 5 nitrogen and oxygen atoms in total. The molecule has 0 fully saturated rings. The summed E-state index contributed by atoms with van der Waals surface area (Å²) in [6, 6.07) is 41.2. The van der Waals surface area contributed by atoms with Crippen LogP contribution in [0.2, 0.25) is 0 Å². The van der Waals surface area contributed by atoms with Gasteiger partial charge in [0.1, 0.15) is 5.69 Å². The second-order valence-corrected chi connectivity index (χ2v) is 12.7. The van der Waals surface area contributed by atoms with Crippen molar-refractivity contribution in [1.82, 2.24) is 24.9 Å². The quantitative estimate of drug-likeness (QED) is 0.192. The smallest absolute Gasteiger partial charge is 0.164 e. The van der Waals surface area contributed by atoms with Crippen LogP contribution >= 0.6 is 11.3 Å². The summed E-state index contributed by atoms with van der Waals surface area (Å²) < 4.78 is 2.51. The highest BCUT2D eigenvalue weighted by atomic mass is 32.1. The molecule has 0 aliphatic heterocycles. The number of fused-ring (bicyclic) bond motifs is 4. The number of aromatic nitrogens is 5. The van der Waals surface area contributed by atoms with Crippen LogP contribution in [0, 0.1) is 0 Å². The summed E-state index contributed by atoms with van der Waals surface area (Å²) in [4.78, 5) is 25.1. The molecule has 47 heavy (non-hydrogen) atoms. The van der Waals surface area contributed by atoms with E-state index in [-0.39, 0.29) is 0 Å². The number of rotatable bonds is 5. The highest BCUT2D eigenvalue weighted by Gasteiger charge is 2.18. The molecule has 0 saturated carbocycles. The number of hydrogen-bond acceptors (Lipinski definition) is 6. The summed E-state index contributed by atoms with van der Waals surface area (Å²) in [6.45, 7) is 0. The molecule has 0 N–H and O–H groups in total. The standard InChI is InChI=1S/C41H27N5S/c1-3-12-26(13-4-1)39-44-40(27-14-5-2-6-15-27)46-41(45-39)30-18-11-17-29(24-30)34-25-28-16-7-8-19-31(28)36(43-34)37-38-33(22-23-42-37)32-20-9-10-21-35(32)47-38/h1-8,11-25H,9-10H2. The first-order valence-corrected chi connectivity index (χ1v) is 16.6. The maximum atomic E-state index is 5.33. The van der Waals surface area contributed by atoms with Gasteiger partial charge in [0.05, 0.1) is 16.1 Å². The van der Waals surface area contributed by atoms with E-state index in [9.17, 15) is 0 Å². The molecular formula is C41H27N5S. The second kappa shape index (κ2) is 11.5. The van der Waals surface area contributed by atoms with E-state index in [0.717, 1.165) is 62.9 Å². The van der Waals surface area contributed by atoms with E-state index in [1.165, 1.54) is 19.8 Å². The van der Waals surface area contributed by atoms with Crippen LogP contribution < -0.4 is 9.75 Å². The highest BCUT2D eigenvalue weighted by molar-refractivity contribution is 7.17. The number of hydrogen-bond donors (Lipinski definition) is 0. The van der Waals surface area contributed by atoms with E-state index in [1.54, 1.807) is 0 Å². The number of benzene rings is 4. The van der Waals surface area contributed by atoms with Crippen LogP contribution in [0.5, 0.6) is 0 Å². The lowest BCUT2D eigenvalue weighted by Gasteiger charge is -2.12. The van der Waals surface area contributed by atoms with Gasteiger partial charge in [-0.1, -0.05) is 115 Å². The maximum absolute atomic E-state index is 5.33. The van der Waals surface area contributed by atoms with Gasteiger partial charge < -0.3 is 0 Å². The third-order valence-corrected chi connectivity index (χ3v) is 9.82. The van der Waals surface area contributed by atoms with E-state index >= 15 is 0 Å². The van der Waals surface area contributed by atoms with Gasteiger partial charge in [-0.15, -0.1) is 11.3 Å². The lowest BCUT2D eigenvalue weighted by Crippen LogP contribution is -2.20. The van der Waals surface area contributed by atoms with Crippen LogP contribution in [0.15, 0.2) is 128 Å². The predicted octanol–water partition coefficient (Wildman–Crippen LogP) is 8.72. The maximum Gasteiger partial charge on any atom is 0.164 e. The minimum absolute atomic E-state index is 0.615. The van der Waals surface area contributed by atoms with Crippen LogP contribution in [0.25, 0.3) is 89.8 Å². The Morgan fingerprint density at radius 3 is 1.89 bits per heavy atom. The van der Waals surface area contributed by atoms with Crippen molar-refractivity contribution < 1.29 is 0 Å². The predicted molar refractivity (Wildman–Crippen MR) is 193 cm³/mol. The van der Waals surface area contributed by atoms with Crippen molar-refractivity contribution in [3.8, 4) is 56.8 Å². The molecule has 4 heterocycles. The van der Waals surface area contributed by atoms with E-state index in [1.807, 2.05) is 84.3 Å². The molecule has 9 rings (SSSR count). The average Bonchev–Trinajstić information content (AvgIpc) is 3.54. The van der Waals surface area contributed by atoms with Gasteiger partial charge in [0.25, 0.3) is 0 Å². The Morgan fingerprint density at radius 2 is 1.13 bits per heavy atom. The molecule has 0 atom stereocenters. The SMILES string of the molecule is C1=c2sc3c(-c4nc(-c5cccc(-c6nc(-c7ccccc7)nc(-c7ccccc7)n6)c5)cc5ccccc45)nccc3c2=CCC1. The Hall–Kier alpha value is -5.85. The van der Waals surface area contributed by atoms with Crippen LogP contribution in [0.4, 0.5) is 0 Å². The summed E-state index contributed by atoms with van der Waals surface area (Å²) in [7, 11) is 0. The lowest BCUT2D eigenvalue weighted by atomic mass is 10.0. The molecule has 0 spiro atoms. The Balaban J connectivity index is 1.22. The molecule has 0 amide bonds. The minimum atomic E-state index is 0.615. The first-order chi connectivity index (χ1) is 23.3. The van der Waals surface area contributed by atoms with Gasteiger partial charge in [-0.3, -0.25) is 4.98 Å². The Kier molecular flexibility index (Phi) is 6.72. The molecule has 4 aromatic heterocycles. The van der Waals surface area contributed by atoms with E-state index in [0.29, 0.717) is 17.5 Å². The van der Waals surface area contributed by atoms with Crippen molar-refractivity contribution in [2.24, 2.45) is 0 Å². The lowest BCUT2D eigenvalue weighted by molar-refractivity contribution is 1.07. The van der Waals surface area contributed by atoms with Crippen LogP contribution in [-0.2, 0) is 0 Å². The van der Waals surface area contributed by atoms with Gasteiger partial charge in [0, 0.05) is 43.8 Å². The van der Waals surface area contributed by atoms with Gasteiger partial charge in [-0.25, -0.2) is 19.9 Å². The molecule has 1 aliphatic rings. The van der Waals surface area contributed by atoms with Gasteiger partial charge >= 0.3 is 0 Å². The van der Waals surface area contributed by atoms with Crippen molar-refractivity contribution in [3.05, 3.63) is 137 Å². The highest BCUT2D eigenvalue weighted by Crippen LogP contribution is 2.35. The molecule has 0 unspecified atom stereocenters. The number of nitrogens with zero attached hydrogens (tertiary/aromatic N) is 5. The summed E-state index contributed by atoms with van der Waals surface area (Å²) in [5.41, 5.74) is 6.46. The largest absolute Gasteiger partial charge is 0.253 e. The van der Waals surface area contributed by atoms with Crippen molar-refractivity contribution in [3.63, 3.8) is 0 Å². The molecule has 6 heteroatoms. The zero-order valence-electron chi connectivity index (χ0n) is 25.3. The number of thiophene rings is 1. The van der Waals surface area contributed by atoms with Crippen molar-refractivity contribution in [1.29, 1.82) is 0 Å². The average molecular weight is 622 g/mol. The zero-order valence-corrected chi connectivity index (χ0v) is 26.2. The van der Waals surface area contributed by atoms with Gasteiger partial charge in [-0.2, -0.15) is 0 Å². The van der Waals surface area contributed by atoms with E-state index in [4.69, 9.17) is 24.9 Å². The molecule has 4 aromatic carbocycles. The molecule has 8 aromatic rings. The fourth-order valence-corrected chi connectivity index (χ4v) is 7.58. The minimum Gasteiger partial charge on any atom is -0.253 e. The first-order valence-electron chi connectivity index (χ1n) is 15.7. The molecule has 1 aliphatic carbocycles.